The Bertz CT molecular complexity index is 810. The molecule has 0 radical (unpaired) electrons. The van der Waals surface area contributed by atoms with E-state index < -0.39 is 17.6 Å². The summed E-state index contributed by atoms with van der Waals surface area (Å²) < 4.78 is 27.1. The fourth-order valence-electron chi connectivity index (χ4n) is 2.13. The molecule has 100 valence electrons. The molecule has 20 heavy (non-hydrogen) atoms. The van der Waals surface area contributed by atoms with Gasteiger partial charge in [-0.1, -0.05) is 30.3 Å². The predicted octanol–water partition coefficient (Wildman–Crippen LogP) is 4.54. The number of thiophene rings is 1. The Morgan fingerprint density at radius 1 is 1.05 bits per heavy atom. The van der Waals surface area contributed by atoms with Gasteiger partial charge in [-0.3, -0.25) is 0 Å². The Morgan fingerprint density at radius 3 is 2.35 bits per heavy atom. The zero-order valence-electron chi connectivity index (χ0n) is 10.1. The lowest BCUT2D eigenvalue weighted by molar-refractivity contribution is 0.0703. The Morgan fingerprint density at radius 2 is 1.70 bits per heavy atom. The van der Waals surface area contributed by atoms with Crippen molar-refractivity contribution >= 4 is 27.4 Å². The first-order valence-electron chi connectivity index (χ1n) is 5.78. The minimum absolute atomic E-state index is 0.0798. The van der Waals surface area contributed by atoms with Crippen LogP contribution in [0.4, 0.5) is 8.78 Å². The van der Waals surface area contributed by atoms with Crippen molar-refractivity contribution in [3.8, 4) is 11.1 Å². The number of carbonyl (C=O) groups is 1. The fourth-order valence-corrected chi connectivity index (χ4v) is 3.20. The Hall–Kier alpha value is -2.27. The van der Waals surface area contributed by atoms with E-state index in [1.807, 2.05) is 0 Å². The highest BCUT2D eigenvalue weighted by atomic mass is 32.1. The lowest BCUT2D eigenvalue weighted by Gasteiger charge is -2.02. The summed E-state index contributed by atoms with van der Waals surface area (Å²) in [4.78, 5) is 11.4. The summed E-state index contributed by atoms with van der Waals surface area (Å²) in [6.45, 7) is 0. The van der Waals surface area contributed by atoms with Crippen LogP contribution in [0.3, 0.4) is 0 Å². The third kappa shape index (κ3) is 1.96. The van der Waals surface area contributed by atoms with E-state index in [0.29, 0.717) is 21.2 Å². The zero-order valence-corrected chi connectivity index (χ0v) is 10.9. The zero-order chi connectivity index (χ0) is 14.3. The summed E-state index contributed by atoms with van der Waals surface area (Å²) in [6.07, 6.45) is 0. The second-order valence-corrected chi connectivity index (χ2v) is 5.29. The molecular formula is C15H8F2O2S. The van der Waals surface area contributed by atoms with Crippen molar-refractivity contribution in [2.24, 2.45) is 0 Å². The first-order chi connectivity index (χ1) is 9.58. The van der Waals surface area contributed by atoms with E-state index in [4.69, 9.17) is 0 Å². The molecule has 2 nitrogen and oxygen atoms in total. The molecule has 1 N–H and O–H groups in total. The number of hydrogen-bond donors (Lipinski definition) is 1. The number of aromatic carboxylic acids is 1. The average Bonchev–Trinajstić information content (AvgIpc) is 2.79. The average molecular weight is 290 g/mol. The summed E-state index contributed by atoms with van der Waals surface area (Å²) in [7, 11) is 0. The van der Waals surface area contributed by atoms with E-state index in [1.165, 1.54) is 0 Å². The predicted molar refractivity (Wildman–Crippen MR) is 74.1 cm³/mol. The Kier molecular flexibility index (Phi) is 2.99. The van der Waals surface area contributed by atoms with Gasteiger partial charge in [-0.05, 0) is 17.7 Å². The van der Waals surface area contributed by atoms with E-state index in [-0.39, 0.29) is 4.88 Å². The van der Waals surface area contributed by atoms with Crippen LogP contribution in [0.15, 0.2) is 42.5 Å². The lowest BCUT2D eigenvalue weighted by atomic mass is 10.0. The van der Waals surface area contributed by atoms with Crippen LogP contribution in [0.2, 0.25) is 0 Å². The highest BCUT2D eigenvalue weighted by Crippen LogP contribution is 2.39. The van der Waals surface area contributed by atoms with Gasteiger partial charge in [-0.25, -0.2) is 13.6 Å². The lowest BCUT2D eigenvalue weighted by Crippen LogP contribution is -1.94. The minimum atomic E-state index is -1.11. The normalized spacial score (nSPS) is 10.9. The third-order valence-corrected chi connectivity index (χ3v) is 4.13. The molecule has 0 saturated carbocycles. The molecule has 3 aromatic rings. The van der Waals surface area contributed by atoms with Gasteiger partial charge in [0.05, 0.1) is 0 Å². The van der Waals surface area contributed by atoms with E-state index >= 15 is 0 Å². The van der Waals surface area contributed by atoms with Gasteiger partial charge in [0.2, 0.25) is 0 Å². The van der Waals surface area contributed by atoms with Gasteiger partial charge in [0.1, 0.15) is 4.88 Å². The van der Waals surface area contributed by atoms with Gasteiger partial charge in [-0.2, -0.15) is 0 Å². The maximum Gasteiger partial charge on any atom is 0.346 e. The van der Waals surface area contributed by atoms with Crippen molar-refractivity contribution in [1.82, 2.24) is 0 Å². The molecule has 2 aromatic carbocycles. The molecule has 0 spiro atoms. The minimum Gasteiger partial charge on any atom is -0.477 e. The maximum atomic E-state index is 13.4. The monoisotopic (exact) mass is 290 g/mol. The molecule has 1 heterocycles. The van der Waals surface area contributed by atoms with Crippen molar-refractivity contribution in [3.05, 3.63) is 59.0 Å². The van der Waals surface area contributed by atoms with Gasteiger partial charge in [0.25, 0.3) is 0 Å². The molecule has 3 rings (SSSR count). The van der Waals surface area contributed by atoms with Crippen LogP contribution in [0.1, 0.15) is 9.67 Å². The largest absolute Gasteiger partial charge is 0.477 e. The van der Waals surface area contributed by atoms with Crippen LogP contribution in [-0.4, -0.2) is 11.1 Å². The molecule has 0 fully saturated rings. The summed E-state index contributed by atoms with van der Waals surface area (Å²) in [6, 6.07) is 10.9. The molecule has 5 heteroatoms. The van der Waals surface area contributed by atoms with Crippen LogP contribution >= 0.6 is 11.3 Å². The van der Waals surface area contributed by atoms with Gasteiger partial charge in [-0.15, -0.1) is 11.3 Å². The molecule has 0 aliphatic heterocycles. The van der Waals surface area contributed by atoms with Crippen molar-refractivity contribution in [1.29, 1.82) is 0 Å². The number of carboxylic acid groups (broad SMARTS) is 1. The topological polar surface area (TPSA) is 37.3 Å². The molecule has 0 saturated heterocycles. The standard InChI is InChI=1S/C15H8F2O2S/c16-10-6-9-12(7-11(10)17)20-14(15(18)19)13(9)8-4-2-1-3-5-8/h1-7H,(H,18,19). The SMILES string of the molecule is O=C(O)c1sc2cc(F)c(F)cc2c1-c1ccccc1. The van der Waals surface area contributed by atoms with Gasteiger partial charge < -0.3 is 5.11 Å². The first kappa shape index (κ1) is 12.7. The molecule has 0 aliphatic carbocycles. The van der Waals surface area contributed by atoms with E-state index in [9.17, 15) is 18.7 Å². The van der Waals surface area contributed by atoms with E-state index in [0.717, 1.165) is 23.5 Å². The van der Waals surface area contributed by atoms with E-state index in [2.05, 4.69) is 0 Å². The number of halogens is 2. The molecule has 0 atom stereocenters. The van der Waals surface area contributed by atoms with Crippen molar-refractivity contribution in [2.75, 3.05) is 0 Å². The summed E-state index contributed by atoms with van der Waals surface area (Å²) in [5.74, 6) is -3.06. The molecule has 0 bridgehead atoms. The van der Waals surface area contributed by atoms with Gasteiger partial charge in [0.15, 0.2) is 11.6 Å². The number of hydrogen-bond acceptors (Lipinski definition) is 2. The van der Waals surface area contributed by atoms with Crippen molar-refractivity contribution in [3.63, 3.8) is 0 Å². The second kappa shape index (κ2) is 4.68. The molecule has 0 amide bonds. The maximum absolute atomic E-state index is 13.4. The van der Waals surface area contributed by atoms with Crippen molar-refractivity contribution in [2.45, 2.75) is 0 Å². The first-order valence-corrected chi connectivity index (χ1v) is 6.60. The van der Waals surface area contributed by atoms with Crippen LogP contribution < -0.4 is 0 Å². The highest BCUT2D eigenvalue weighted by Gasteiger charge is 2.20. The van der Waals surface area contributed by atoms with Crippen LogP contribution in [0, 0.1) is 11.6 Å². The van der Waals surface area contributed by atoms with E-state index in [1.54, 1.807) is 30.3 Å². The van der Waals surface area contributed by atoms with Gasteiger partial charge in [0, 0.05) is 15.6 Å². The summed E-state index contributed by atoms with van der Waals surface area (Å²) in [5.41, 5.74) is 1.10. The number of carboxylic acids is 1. The highest BCUT2D eigenvalue weighted by molar-refractivity contribution is 7.21. The van der Waals surface area contributed by atoms with Crippen LogP contribution in [-0.2, 0) is 0 Å². The van der Waals surface area contributed by atoms with Crippen molar-refractivity contribution < 1.29 is 18.7 Å². The fraction of sp³-hybridized carbons (Fsp3) is 0. The van der Waals surface area contributed by atoms with Crippen LogP contribution in [0.5, 0.6) is 0 Å². The third-order valence-electron chi connectivity index (χ3n) is 2.99. The molecule has 1 aromatic heterocycles. The molecular weight excluding hydrogens is 282 g/mol. The van der Waals surface area contributed by atoms with Crippen LogP contribution in [0.25, 0.3) is 21.2 Å². The summed E-state index contributed by atoms with van der Waals surface area (Å²) in [5, 5.41) is 9.70. The number of fused-ring (bicyclic) bond motifs is 1. The Labute approximate surface area is 116 Å². The van der Waals surface area contributed by atoms with Gasteiger partial charge >= 0.3 is 5.97 Å². The second-order valence-electron chi connectivity index (χ2n) is 4.24. The Balaban J connectivity index is 2.41. The number of rotatable bonds is 2. The number of benzene rings is 2. The smallest absolute Gasteiger partial charge is 0.346 e. The molecule has 0 unspecified atom stereocenters. The molecule has 0 aliphatic rings. The quantitative estimate of drug-likeness (QED) is 0.752. The summed E-state index contributed by atoms with van der Waals surface area (Å²) >= 11 is 0.943.